The first-order valence-electron chi connectivity index (χ1n) is 6.33. The molecule has 0 atom stereocenters. The summed E-state index contributed by atoms with van der Waals surface area (Å²) in [5, 5.41) is 8.58. The Hall–Kier alpha value is -2.21. The summed E-state index contributed by atoms with van der Waals surface area (Å²) in [5.74, 6) is 0.424. The lowest BCUT2D eigenvalue weighted by Gasteiger charge is -1.99. The maximum Gasteiger partial charge on any atom is 0.313 e. The first-order chi connectivity index (χ1) is 9.67. The summed E-state index contributed by atoms with van der Waals surface area (Å²) < 4.78 is 5.25. The molecule has 0 radical (unpaired) electrons. The third-order valence-corrected chi connectivity index (χ3v) is 4.09. The second-order valence-corrected chi connectivity index (χ2v) is 5.60. The van der Waals surface area contributed by atoms with Crippen LogP contribution in [0, 0.1) is 6.92 Å². The van der Waals surface area contributed by atoms with E-state index in [1.165, 1.54) is 4.88 Å². The van der Waals surface area contributed by atoms with Crippen LogP contribution in [0.4, 0.5) is 6.01 Å². The number of nitrogens with two attached hydrogens (primary N) is 1. The third kappa shape index (κ3) is 2.30. The molecule has 0 aliphatic heterocycles. The molecule has 0 bridgehead atoms. The smallest absolute Gasteiger partial charge is 0.313 e. The zero-order chi connectivity index (χ0) is 14.1. The van der Waals surface area contributed by atoms with Crippen molar-refractivity contribution < 1.29 is 4.42 Å². The van der Waals surface area contributed by atoms with Crippen LogP contribution in [0.25, 0.3) is 22.0 Å². The van der Waals surface area contributed by atoms with Gasteiger partial charge in [-0.05, 0) is 25.5 Å². The van der Waals surface area contributed by atoms with Gasteiger partial charge in [0.2, 0.25) is 5.89 Å². The van der Waals surface area contributed by atoms with Gasteiger partial charge in [-0.1, -0.05) is 24.2 Å². The summed E-state index contributed by atoms with van der Waals surface area (Å²) in [6.45, 7) is 4.21. The minimum Gasteiger partial charge on any atom is -0.404 e. The molecule has 6 heteroatoms. The van der Waals surface area contributed by atoms with Crippen molar-refractivity contribution in [3.05, 3.63) is 34.8 Å². The van der Waals surface area contributed by atoms with E-state index in [9.17, 15) is 0 Å². The van der Waals surface area contributed by atoms with Gasteiger partial charge in [0, 0.05) is 16.0 Å². The summed E-state index contributed by atoms with van der Waals surface area (Å²) in [6, 6.07) is 7.96. The standard InChI is InChI=1S/C14H14N4OS/c1-3-11-8(2)20-13(16-11)10-6-4-5-9(7-10)12-17-18-14(15)19-12/h4-7H,3H2,1-2H3,(H2,15,18). The zero-order valence-electron chi connectivity index (χ0n) is 11.3. The number of rotatable bonds is 3. The lowest BCUT2D eigenvalue weighted by atomic mass is 10.1. The monoisotopic (exact) mass is 286 g/mol. The lowest BCUT2D eigenvalue weighted by Crippen LogP contribution is -1.84. The van der Waals surface area contributed by atoms with Crippen LogP contribution < -0.4 is 5.73 Å². The van der Waals surface area contributed by atoms with Crippen molar-refractivity contribution >= 4 is 17.4 Å². The van der Waals surface area contributed by atoms with E-state index in [2.05, 4.69) is 29.0 Å². The predicted octanol–water partition coefficient (Wildman–Crippen LogP) is 3.31. The van der Waals surface area contributed by atoms with Gasteiger partial charge in [0.1, 0.15) is 5.01 Å². The van der Waals surface area contributed by atoms with E-state index in [1.54, 1.807) is 11.3 Å². The Morgan fingerprint density at radius 2 is 2.05 bits per heavy atom. The van der Waals surface area contributed by atoms with E-state index in [4.69, 9.17) is 10.2 Å². The number of aromatic nitrogens is 3. The normalized spacial score (nSPS) is 10.9. The van der Waals surface area contributed by atoms with Crippen LogP contribution >= 0.6 is 11.3 Å². The molecule has 0 saturated heterocycles. The molecule has 20 heavy (non-hydrogen) atoms. The van der Waals surface area contributed by atoms with Gasteiger partial charge in [-0.2, -0.15) is 0 Å². The SMILES string of the molecule is CCc1nc(-c2cccc(-c3nnc(N)o3)c2)sc1C. The van der Waals surface area contributed by atoms with E-state index < -0.39 is 0 Å². The first kappa shape index (κ1) is 12.8. The molecule has 0 aliphatic carbocycles. The number of hydrogen-bond donors (Lipinski definition) is 1. The van der Waals surface area contributed by atoms with Gasteiger partial charge in [-0.3, -0.25) is 0 Å². The van der Waals surface area contributed by atoms with E-state index >= 15 is 0 Å². The highest BCUT2D eigenvalue weighted by Gasteiger charge is 2.11. The van der Waals surface area contributed by atoms with Crippen LogP contribution in [0.3, 0.4) is 0 Å². The van der Waals surface area contributed by atoms with E-state index in [0.717, 1.165) is 28.2 Å². The van der Waals surface area contributed by atoms with Gasteiger partial charge in [-0.25, -0.2) is 4.98 Å². The summed E-state index contributed by atoms with van der Waals surface area (Å²) in [5.41, 5.74) is 8.50. The van der Waals surface area contributed by atoms with Gasteiger partial charge in [-0.15, -0.1) is 16.4 Å². The number of nitrogens with zero attached hydrogens (tertiary/aromatic N) is 3. The van der Waals surface area contributed by atoms with Crippen molar-refractivity contribution in [1.29, 1.82) is 0 Å². The Balaban J connectivity index is 2.02. The Morgan fingerprint density at radius 3 is 2.70 bits per heavy atom. The van der Waals surface area contributed by atoms with E-state index in [0.29, 0.717) is 5.89 Å². The number of nitrogen functional groups attached to an aromatic ring is 1. The maximum atomic E-state index is 5.46. The minimum atomic E-state index is 0.0729. The van der Waals surface area contributed by atoms with Gasteiger partial charge >= 0.3 is 6.01 Å². The average Bonchev–Trinajstić information content (AvgIpc) is 3.05. The Bertz CT molecular complexity index is 747. The summed E-state index contributed by atoms with van der Waals surface area (Å²) >= 11 is 1.70. The molecule has 0 spiro atoms. The van der Waals surface area contributed by atoms with Gasteiger partial charge < -0.3 is 10.2 Å². The van der Waals surface area contributed by atoms with Crippen molar-refractivity contribution in [2.24, 2.45) is 0 Å². The third-order valence-electron chi connectivity index (χ3n) is 3.02. The van der Waals surface area contributed by atoms with Crippen molar-refractivity contribution in [3.63, 3.8) is 0 Å². The summed E-state index contributed by atoms with van der Waals surface area (Å²) in [6.07, 6.45) is 0.947. The Morgan fingerprint density at radius 1 is 1.25 bits per heavy atom. The molecular formula is C14H14N4OS. The van der Waals surface area contributed by atoms with Crippen LogP contribution in [0.1, 0.15) is 17.5 Å². The molecular weight excluding hydrogens is 272 g/mol. The van der Waals surface area contributed by atoms with Crippen LogP contribution in [0.5, 0.6) is 0 Å². The number of anilines is 1. The largest absolute Gasteiger partial charge is 0.404 e. The highest BCUT2D eigenvalue weighted by Crippen LogP contribution is 2.30. The number of thiazole rings is 1. The lowest BCUT2D eigenvalue weighted by molar-refractivity contribution is 0.590. The van der Waals surface area contributed by atoms with E-state index in [1.807, 2.05) is 24.3 Å². The fourth-order valence-corrected chi connectivity index (χ4v) is 3.01. The van der Waals surface area contributed by atoms with Gasteiger partial charge in [0.15, 0.2) is 0 Å². The summed E-state index contributed by atoms with van der Waals surface area (Å²) in [4.78, 5) is 5.92. The summed E-state index contributed by atoms with van der Waals surface area (Å²) in [7, 11) is 0. The topological polar surface area (TPSA) is 77.8 Å². The highest BCUT2D eigenvalue weighted by molar-refractivity contribution is 7.15. The van der Waals surface area contributed by atoms with Gasteiger partial charge in [0.05, 0.1) is 5.69 Å². The van der Waals surface area contributed by atoms with Crippen molar-refractivity contribution in [1.82, 2.24) is 15.2 Å². The first-order valence-corrected chi connectivity index (χ1v) is 7.15. The van der Waals surface area contributed by atoms with Crippen molar-refractivity contribution in [3.8, 4) is 22.0 Å². The highest BCUT2D eigenvalue weighted by atomic mass is 32.1. The second-order valence-electron chi connectivity index (χ2n) is 4.40. The van der Waals surface area contributed by atoms with Crippen LogP contribution in [-0.4, -0.2) is 15.2 Å². The molecule has 0 saturated carbocycles. The fourth-order valence-electron chi connectivity index (χ4n) is 2.02. The quantitative estimate of drug-likeness (QED) is 0.799. The maximum absolute atomic E-state index is 5.46. The molecule has 3 rings (SSSR count). The fraction of sp³-hybridized carbons (Fsp3) is 0.214. The van der Waals surface area contributed by atoms with Gasteiger partial charge in [0.25, 0.3) is 0 Å². The van der Waals surface area contributed by atoms with Crippen molar-refractivity contribution in [2.45, 2.75) is 20.3 Å². The van der Waals surface area contributed by atoms with Crippen LogP contribution in [0.2, 0.25) is 0 Å². The Kier molecular flexibility index (Phi) is 3.23. The number of aryl methyl sites for hydroxylation is 2. The van der Waals surface area contributed by atoms with Crippen molar-refractivity contribution in [2.75, 3.05) is 5.73 Å². The predicted molar refractivity (Wildman–Crippen MR) is 79.4 cm³/mol. The molecule has 0 amide bonds. The molecule has 3 aromatic rings. The molecule has 0 fully saturated rings. The number of hydrogen-bond acceptors (Lipinski definition) is 6. The molecule has 2 heterocycles. The molecule has 0 unspecified atom stereocenters. The second kappa shape index (κ2) is 5.05. The molecule has 5 nitrogen and oxygen atoms in total. The molecule has 1 aromatic carbocycles. The molecule has 102 valence electrons. The van der Waals surface area contributed by atoms with E-state index in [-0.39, 0.29) is 6.01 Å². The zero-order valence-corrected chi connectivity index (χ0v) is 12.1. The molecule has 2 N–H and O–H groups in total. The number of benzene rings is 1. The van der Waals surface area contributed by atoms with Crippen LogP contribution in [0.15, 0.2) is 28.7 Å². The molecule has 0 aliphatic rings. The minimum absolute atomic E-state index is 0.0729. The Labute approximate surface area is 120 Å². The average molecular weight is 286 g/mol. The van der Waals surface area contributed by atoms with Crippen LogP contribution in [-0.2, 0) is 6.42 Å². The molecule has 2 aromatic heterocycles.